The third kappa shape index (κ3) is 3.35. The van der Waals surface area contributed by atoms with E-state index in [1.165, 1.54) is 10.8 Å². The Labute approximate surface area is 203 Å². The lowest BCUT2D eigenvalue weighted by Crippen LogP contribution is -1.96. The van der Waals surface area contributed by atoms with Crippen LogP contribution in [0, 0.1) is 22.7 Å². The van der Waals surface area contributed by atoms with Crippen molar-refractivity contribution in [1.82, 2.24) is 4.57 Å². The molecule has 0 bridgehead atoms. The van der Waals surface area contributed by atoms with Gasteiger partial charge in [0, 0.05) is 22.0 Å². The summed E-state index contributed by atoms with van der Waals surface area (Å²) in [6.07, 6.45) is 0. The fraction of sp³-hybridized carbons (Fsp3) is 0. The van der Waals surface area contributed by atoms with Crippen LogP contribution in [-0.4, -0.2) is 4.57 Å². The summed E-state index contributed by atoms with van der Waals surface area (Å²) in [5.74, 6) is 0. The van der Waals surface area contributed by atoms with Gasteiger partial charge in [-0.15, -0.1) is 0 Å². The van der Waals surface area contributed by atoms with E-state index in [0.29, 0.717) is 11.1 Å². The number of hydrogen-bond acceptors (Lipinski definition) is 2. The molecule has 0 aliphatic carbocycles. The van der Waals surface area contributed by atoms with Crippen LogP contribution in [0.4, 0.5) is 0 Å². The van der Waals surface area contributed by atoms with E-state index in [9.17, 15) is 10.5 Å². The molecule has 1 heterocycles. The molecule has 0 aliphatic heterocycles. The van der Waals surface area contributed by atoms with Crippen LogP contribution in [0.5, 0.6) is 0 Å². The van der Waals surface area contributed by atoms with Gasteiger partial charge in [-0.2, -0.15) is 10.5 Å². The number of fused-ring (bicyclic) bond motifs is 3. The summed E-state index contributed by atoms with van der Waals surface area (Å²) in [4.78, 5) is 0. The van der Waals surface area contributed by atoms with E-state index in [-0.39, 0.29) is 0 Å². The molecule has 162 valence electrons. The smallest absolute Gasteiger partial charge is 0.0992 e. The molecule has 0 atom stereocenters. The second-order valence-electron chi connectivity index (χ2n) is 8.46. The maximum atomic E-state index is 9.54. The van der Waals surface area contributed by atoms with Gasteiger partial charge in [-0.3, -0.25) is 0 Å². The maximum absolute atomic E-state index is 9.54. The van der Waals surface area contributed by atoms with Gasteiger partial charge in [0.15, 0.2) is 0 Å². The van der Waals surface area contributed by atoms with Crippen LogP contribution in [0.2, 0.25) is 0 Å². The largest absolute Gasteiger partial charge is 0.309 e. The Kier molecular flexibility index (Phi) is 4.88. The molecule has 5 aromatic carbocycles. The summed E-state index contributed by atoms with van der Waals surface area (Å²) in [5.41, 5.74) is 8.32. The van der Waals surface area contributed by atoms with Crippen LogP contribution < -0.4 is 0 Å². The van der Waals surface area contributed by atoms with E-state index in [1.807, 2.05) is 30.3 Å². The minimum Gasteiger partial charge on any atom is -0.309 e. The van der Waals surface area contributed by atoms with Crippen molar-refractivity contribution >= 4 is 21.8 Å². The molecular formula is C32H19N3. The molecule has 0 N–H and O–H groups in total. The molecule has 0 spiro atoms. The van der Waals surface area contributed by atoms with Gasteiger partial charge in [-0.1, -0.05) is 78.9 Å². The topological polar surface area (TPSA) is 52.5 Å². The Bertz CT molecular complexity index is 1780. The van der Waals surface area contributed by atoms with Crippen molar-refractivity contribution < 1.29 is 0 Å². The lowest BCUT2D eigenvalue weighted by molar-refractivity contribution is 1.18. The molecule has 35 heavy (non-hydrogen) atoms. The van der Waals surface area contributed by atoms with Gasteiger partial charge in [0.2, 0.25) is 0 Å². The van der Waals surface area contributed by atoms with Gasteiger partial charge in [0.05, 0.1) is 34.3 Å². The number of nitrogens with zero attached hydrogens (tertiary/aromatic N) is 3. The molecule has 0 unspecified atom stereocenters. The summed E-state index contributed by atoms with van der Waals surface area (Å²) >= 11 is 0. The zero-order valence-corrected chi connectivity index (χ0v) is 18.8. The molecule has 0 amide bonds. The Morgan fingerprint density at radius 2 is 1.11 bits per heavy atom. The van der Waals surface area contributed by atoms with Crippen LogP contribution in [0.15, 0.2) is 115 Å². The molecule has 0 saturated heterocycles. The highest BCUT2D eigenvalue weighted by molar-refractivity contribution is 6.14. The van der Waals surface area contributed by atoms with Gasteiger partial charge in [0.1, 0.15) is 0 Å². The van der Waals surface area contributed by atoms with Crippen LogP contribution in [-0.2, 0) is 0 Å². The van der Waals surface area contributed by atoms with E-state index >= 15 is 0 Å². The molecule has 6 aromatic rings. The monoisotopic (exact) mass is 445 g/mol. The third-order valence-electron chi connectivity index (χ3n) is 6.43. The third-order valence-corrected chi connectivity index (χ3v) is 6.43. The van der Waals surface area contributed by atoms with Gasteiger partial charge in [-0.25, -0.2) is 0 Å². The molecule has 6 rings (SSSR count). The summed E-state index contributed by atoms with van der Waals surface area (Å²) in [6.45, 7) is 0. The predicted molar refractivity (Wildman–Crippen MR) is 141 cm³/mol. The first-order valence-corrected chi connectivity index (χ1v) is 11.4. The zero-order chi connectivity index (χ0) is 23.8. The molecule has 0 aliphatic rings. The summed E-state index contributed by atoms with van der Waals surface area (Å²) in [5, 5.41) is 21.5. The fourth-order valence-corrected chi connectivity index (χ4v) is 4.96. The predicted octanol–water partition coefficient (Wildman–Crippen LogP) is 7.86. The summed E-state index contributed by atoms with van der Waals surface area (Å²) in [6, 6.07) is 43.2. The molecule has 0 fully saturated rings. The lowest BCUT2D eigenvalue weighted by atomic mass is 9.91. The van der Waals surface area contributed by atoms with E-state index in [2.05, 4.69) is 95.6 Å². The van der Waals surface area contributed by atoms with Crippen LogP contribution in [0.25, 0.3) is 49.7 Å². The number of para-hydroxylation sites is 3. The molecule has 0 saturated carbocycles. The number of aromatic nitrogens is 1. The SMILES string of the molecule is N#Cc1cc(C#N)cc(-c2ccccc2-c2cccc3c4ccccc4n(-c4ccccc4)c23)c1. The average Bonchev–Trinajstić information content (AvgIpc) is 3.28. The first-order valence-electron chi connectivity index (χ1n) is 11.4. The highest BCUT2D eigenvalue weighted by Crippen LogP contribution is 2.41. The van der Waals surface area contributed by atoms with Gasteiger partial charge >= 0.3 is 0 Å². The normalized spacial score (nSPS) is 10.8. The van der Waals surface area contributed by atoms with E-state index in [0.717, 1.165) is 39.0 Å². The van der Waals surface area contributed by atoms with Crippen LogP contribution >= 0.6 is 0 Å². The highest BCUT2D eigenvalue weighted by atomic mass is 15.0. The maximum Gasteiger partial charge on any atom is 0.0992 e. The quantitative estimate of drug-likeness (QED) is 0.278. The molecule has 3 nitrogen and oxygen atoms in total. The van der Waals surface area contributed by atoms with Crippen molar-refractivity contribution in [3.8, 4) is 40.1 Å². The van der Waals surface area contributed by atoms with Crippen molar-refractivity contribution in [2.24, 2.45) is 0 Å². The molecule has 0 radical (unpaired) electrons. The number of hydrogen-bond donors (Lipinski definition) is 0. The standard InChI is InChI=1S/C32H19N3/c33-20-22-17-23(21-34)19-24(18-22)26-11-4-5-12-27(26)29-14-8-15-30-28-13-6-7-16-31(28)35(32(29)30)25-9-2-1-3-10-25/h1-19H. The Balaban J connectivity index is 1.72. The van der Waals surface area contributed by atoms with Crippen molar-refractivity contribution in [2.75, 3.05) is 0 Å². The molecule has 3 heteroatoms. The van der Waals surface area contributed by atoms with Crippen molar-refractivity contribution in [1.29, 1.82) is 10.5 Å². The van der Waals surface area contributed by atoms with Crippen LogP contribution in [0.3, 0.4) is 0 Å². The Morgan fingerprint density at radius 1 is 0.514 bits per heavy atom. The highest BCUT2D eigenvalue weighted by Gasteiger charge is 2.18. The minimum absolute atomic E-state index is 0.477. The fourth-order valence-electron chi connectivity index (χ4n) is 4.96. The van der Waals surface area contributed by atoms with Gasteiger partial charge in [-0.05, 0) is 53.1 Å². The van der Waals surface area contributed by atoms with E-state index in [1.54, 1.807) is 6.07 Å². The summed E-state index contributed by atoms with van der Waals surface area (Å²) in [7, 11) is 0. The van der Waals surface area contributed by atoms with E-state index < -0.39 is 0 Å². The minimum atomic E-state index is 0.477. The first-order chi connectivity index (χ1) is 17.3. The Morgan fingerprint density at radius 3 is 1.86 bits per heavy atom. The van der Waals surface area contributed by atoms with Crippen molar-refractivity contribution in [3.05, 3.63) is 126 Å². The van der Waals surface area contributed by atoms with Crippen molar-refractivity contribution in [3.63, 3.8) is 0 Å². The first kappa shape index (κ1) is 20.5. The van der Waals surface area contributed by atoms with Gasteiger partial charge in [0.25, 0.3) is 0 Å². The molecule has 1 aromatic heterocycles. The molecular weight excluding hydrogens is 426 g/mol. The van der Waals surface area contributed by atoms with Gasteiger partial charge < -0.3 is 4.57 Å². The van der Waals surface area contributed by atoms with Crippen LogP contribution in [0.1, 0.15) is 11.1 Å². The summed E-state index contributed by atoms with van der Waals surface area (Å²) < 4.78 is 2.32. The number of nitriles is 2. The number of rotatable bonds is 3. The zero-order valence-electron chi connectivity index (χ0n) is 18.8. The second kappa shape index (κ2) is 8.34. The second-order valence-corrected chi connectivity index (χ2v) is 8.46. The lowest BCUT2D eigenvalue weighted by Gasteiger charge is -2.15. The Hall–Kier alpha value is -5.12. The van der Waals surface area contributed by atoms with E-state index in [4.69, 9.17) is 0 Å². The number of benzene rings is 5. The van der Waals surface area contributed by atoms with Crippen molar-refractivity contribution in [2.45, 2.75) is 0 Å². The average molecular weight is 446 g/mol.